The van der Waals surface area contributed by atoms with Crippen molar-refractivity contribution in [1.82, 2.24) is 4.98 Å². The predicted molar refractivity (Wildman–Crippen MR) is 51.0 cm³/mol. The van der Waals surface area contributed by atoms with Crippen LogP contribution in [0.2, 0.25) is 0 Å². The predicted octanol–water partition coefficient (Wildman–Crippen LogP) is 2.02. The summed E-state index contributed by atoms with van der Waals surface area (Å²) in [7, 11) is 0. The smallest absolute Gasteiger partial charge is 0.183 e. The number of anilines is 1. The van der Waals surface area contributed by atoms with Gasteiger partial charge in [0.25, 0.3) is 0 Å². The molecule has 3 nitrogen and oxygen atoms in total. The second-order valence-corrected chi connectivity index (χ2v) is 3.28. The summed E-state index contributed by atoms with van der Waals surface area (Å²) in [5.74, 6) is -0.0278. The van der Waals surface area contributed by atoms with E-state index in [2.05, 4.69) is 20.9 Å². The Labute approximate surface area is 79.1 Å². The van der Waals surface area contributed by atoms with E-state index >= 15 is 0 Å². The number of pyridine rings is 1. The van der Waals surface area contributed by atoms with Crippen LogP contribution in [-0.2, 0) is 0 Å². The van der Waals surface area contributed by atoms with Crippen molar-refractivity contribution in [2.45, 2.75) is 13.3 Å². The first-order valence-corrected chi connectivity index (χ1v) is 4.38. The molecule has 0 saturated carbocycles. The minimum absolute atomic E-state index is 0.0278. The number of nitrogens with zero attached hydrogens (tertiary/aromatic N) is 1. The van der Waals surface area contributed by atoms with E-state index in [9.17, 15) is 4.79 Å². The van der Waals surface area contributed by atoms with Gasteiger partial charge >= 0.3 is 0 Å². The van der Waals surface area contributed by atoms with E-state index in [1.165, 1.54) is 0 Å². The van der Waals surface area contributed by atoms with Gasteiger partial charge in [-0.05, 0) is 22.0 Å². The van der Waals surface area contributed by atoms with Crippen LogP contribution in [0.5, 0.6) is 0 Å². The fraction of sp³-hybridized carbons (Fsp3) is 0.250. The average Bonchev–Trinajstić information content (AvgIpc) is 2.03. The molecule has 1 heterocycles. The number of carbonyl (C=O) groups excluding carboxylic acids is 1. The van der Waals surface area contributed by atoms with Gasteiger partial charge in [-0.3, -0.25) is 4.79 Å². The van der Waals surface area contributed by atoms with Crippen LogP contribution in [0.3, 0.4) is 0 Å². The summed E-state index contributed by atoms with van der Waals surface area (Å²) >= 11 is 3.21. The molecular weight excluding hydrogens is 220 g/mol. The van der Waals surface area contributed by atoms with Crippen LogP contribution in [-0.4, -0.2) is 10.8 Å². The summed E-state index contributed by atoms with van der Waals surface area (Å²) in [5.41, 5.74) is 6.37. The highest BCUT2D eigenvalue weighted by atomic mass is 79.9. The van der Waals surface area contributed by atoms with Gasteiger partial charge in [-0.1, -0.05) is 6.92 Å². The highest BCUT2D eigenvalue weighted by molar-refractivity contribution is 9.10. The van der Waals surface area contributed by atoms with Crippen molar-refractivity contribution in [3.63, 3.8) is 0 Å². The van der Waals surface area contributed by atoms with Crippen molar-refractivity contribution < 1.29 is 4.79 Å². The zero-order valence-electron chi connectivity index (χ0n) is 6.67. The van der Waals surface area contributed by atoms with Crippen LogP contribution < -0.4 is 5.73 Å². The van der Waals surface area contributed by atoms with Crippen molar-refractivity contribution in [2.24, 2.45) is 0 Å². The fourth-order valence-corrected chi connectivity index (χ4v) is 1.20. The maximum atomic E-state index is 11.2. The topological polar surface area (TPSA) is 56.0 Å². The molecule has 0 aliphatic heterocycles. The number of aromatic nitrogens is 1. The highest BCUT2D eigenvalue weighted by Gasteiger charge is 2.08. The normalized spacial score (nSPS) is 9.83. The average molecular weight is 229 g/mol. The molecule has 0 amide bonds. The number of carbonyl (C=O) groups is 1. The monoisotopic (exact) mass is 228 g/mol. The van der Waals surface area contributed by atoms with E-state index in [-0.39, 0.29) is 5.78 Å². The third-order valence-corrected chi connectivity index (χ3v) is 1.90. The molecule has 0 aliphatic carbocycles. The SMILES string of the molecule is CCC(=O)c1ncc(Br)cc1N. The van der Waals surface area contributed by atoms with Gasteiger partial charge in [0.15, 0.2) is 5.78 Å². The minimum Gasteiger partial charge on any atom is -0.397 e. The first-order chi connectivity index (χ1) is 5.65. The lowest BCUT2D eigenvalue weighted by Gasteiger charge is -2.01. The Hall–Kier alpha value is -0.900. The molecule has 0 saturated heterocycles. The largest absolute Gasteiger partial charge is 0.397 e. The molecule has 12 heavy (non-hydrogen) atoms. The molecule has 64 valence electrons. The van der Waals surface area contributed by atoms with Gasteiger partial charge in [0.2, 0.25) is 0 Å². The third-order valence-electron chi connectivity index (χ3n) is 1.47. The van der Waals surface area contributed by atoms with E-state index in [1.54, 1.807) is 19.2 Å². The lowest BCUT2D eigenvalue weighted by Crippen LogP contribution is -2.04. The van der Waals surface area contributed by atoms with E-state index in [4.69, 9.17) is 5.73 Å². The number of hydrogen-bond acceptors (Lipinski definition) is 3. The quantitative estimate of drug-likeness (QED) is 0.789. The van der Waals surface area contributed by atoms with Crippen molar-refractivity contribution in [2.75, 3.05) is 5.73 Å². The Morgan fingerprint density at radius 1 is 1.75 bits per heavy atom. The first kappa shape index (κ1) is 9.19. The van der Waals surface area contributed by atoms with Crippen molar-refractivity contribution >= 4 is 27.4 Å². The molecule has 4 heteroatoms. The standard InChI is InChI=1S/C8H9BrN2O/c1-2-7(12)8-6(10)3-5(9)4-11-8/h3-4H,2,10H2,1H3. The summed E-state index contributed by atoms with van der Waals surface area (Å²) < 4.78 is 0.785. The van der Waals surface area contributed by atoms with Crippen molar-refractivity contribution in [3.8, 4) is 0 Å². The molecule has 0 aromatic carbocycles. The van der Waals surface area contributed by atoms with Crippen LogP contribution >= 0.6 is 15.9 Å². The Bertz CT molecular complexity index is 312. The Morgan fingerprint density at radius 3 is 2.92 bits per heavy atom. The number of Topliss-reactive ketones (excluding diaryl/α,β-unsaturated/α-hetero) is 1. The number of nitrogens with two attached hydrogens (primary N) is 1. The summed E-state index contributed by atoms with van der Waals surface area (Å²) in [5, 5.41) is 0. The molecule has 1 aromatic heterocycles. The molecule has 0 radical (unpaired) electrons. The molecule has 1 aromatic rings. The number of nitrogen functional groups attached to an aromatic ring is 1. The van der Waals surface area contributed by atoms with Crippen LogP contribution in [0.4, 0.5) is 5.69 Å². The summed E-state index contributed by atoms with van der Waals surface area (Å²) in [4.78, 5) is 15.1. The van der Waals surface area contributed by atoms with Gasteiger partial charge in [0, 0.05) is 17.1 Å². The zero-order valence-corrected chi connectivity index (χ0v) is 8.26. The van der Waals surface area contributed by atoms with E-state index in [0.29, 0.717) is 17.8 Å². The second-order valence-electron chi connectivity index (χ2n) is 2.37. The molecule has 0 aliphatic rings. The van der Waals surface area contributed by atoms with E-state index in [1.807, 2.05) is 0 Å². The van der Waals surface area contributed by atoms with E-state index in [0.717, 1.165) is 4.47 Å². The lowest BCUT2D eigenvalue weighted by atomic mass is 10.2. The summed E-state index contributed by atoms with van der Waals surface area (Å²) in [6.07, 6.45) is 2.00. The first-order valence-electron chi connectivity index (χ1n) is 3.59. The summed E-state index contributed by atoms with van der Waals surface area (Å²) in [6, 6.07) is 1.68. The molecule has 1 rings (SSSR count). The van der Waals surface area contributed by atoms with Crippen LogP contribution in [0.1, 0.15) is 23.8 Å². The summed E-state index contributed by atoms with van der Waals surface area (Å²) in [6.45, 7) is 1.78. The van der Waals surface area contributed by atoms with Gasteiger partial charge in [-0.15, -0.1) is 0 Å². The molecule has 0 unspecified atom stereocenters. The van der Waals surface area contributed by atoms with Crippen molar-refractivity contribution in [1.29, 1.82) is 0 Å². The Kier molecular flexibility index (Phi) is 2.81. The number of halogens is 1. The number of hydrogen-bond donors (Lipinski definition) is 1. The minimum atomic E-state index is -0.0278. The maximum absolute atomic E-state index is 11.2. The van der Waals surface area contributed by atoms with E-state index < -0.39 is 0 Å². The number of ketones is 1. The van der Waals surface area contributed by atoms with Crippen molar-refractivity contribution in [3.05, 3.63) is 22.4 Å². The Morgan fingerprint density at radius 2 is 2.42 bits per heavy atom. The molecule has 2 N–H and O–H groups in total. The number of rotatable bonds is 2. The van der Waals surface area contributed by atoms with Gasteiger partial charge < -0.3 is 5.73 Å². The van der Waals surface area contributed by atoms with Gasteiger partial charge in [-0.25, -0.2) is 4.98 Å². The van der Waals surface area contributed by atoms with Crippen LogP contribution in [0, 0.1) is 0 Å². The highest BCUT2D eigenvalue weighted by Crippen LogP contribution is 2.16. The molecule has 0 fully saturated rings. The Balaban J connectivity index is 3.09. The molecular formula is C8H9BrN2O. The maximum Gasteiger partial charge on any atom is 0.183 e. The van der Waals surface area contributed by atoms with Gasteiger partial charge in [0.05, 0.1) is 5.69 Å². The molecule has 0 atom stereocenters. The third kappa shape index (κ3) is 1.82. The second kappa shape index (κ2) is 3.67. The lowest BCUT2D eigenvalue weighted by molar-refractivity contribution is 0.0984. The van der Waals surface area contributed by atoms with Gasteiger partial charge in [-0.2, -0.15) is 0 Å². The fourth-order valence-electron chi connectivity index (χ4n) is 0.855. The molecule has 0 spiro atoms. The zero-order chi connectivity index (χ0) is 9.14. The van der Waals surface area contributed by atoms with Crippen LogP contribution in [0.15, 0.2) is 16.7 Å². The molecule has 0 bridgehead atoms. The van der Waals surface area contributed by atoms with Gasteiger partial charge in [0.1, 0.15) is 5.69 Å². The van der Waals surface area contributed by atoms with Crippen LogP contribution in [0.25, 0.3) is 0 Å².